The molecule has 0 aliphatic heterocycles. The van der Waals surface area contributed by atoms with Crippen LogP contribution >= 0.6 is 0 Å². The van der Waals surface area contributed by atoms with Crippen LogP contribution in [-0.2, 0) is 16.1 Å². The summed E-state index contributed by atoms with van der Waals surface area (Å²) < 4.78 is 7.70. The van der Waals surface area contributed by atoms with E-state index in [-0.39, 0.29) is 11.3 Å². The Morgan fingerprint density at radius 2 is 1.94 bits per heavy atom. The number of rotatable bonds is 5. The van der Waals surface area contributed by atoms with Crippen LogP contribution in [0.1, 0.15) is 71.6 Å². The molecule has 4 aliphatic rings. The fourth-order valence-electron chi connectivity index (χ4n) is 9.50. The molecular weight excluding hydrogens is 424 g/mol. The summed E-state index contributed by atoms with van der Waals surface area (Å²) in [5, 5.41) is 4.51. The molecule has 0 amide bonds. The summed E-state index contributed by atoms with van der Waals surface area (Å²) in [5.41, 5.74) is 1.88. The number of carbonyl (C=O) groups excluding carboxylic acids is 1. The van der Waals surface area contributed by atoms with E-state index in [0.717, 1.165) is 42.2 Å². The van der Waals surface area contributed by atoms with Crippen molar-refractivity contribution in [3.8, 4) is 0 Å². The Bertz CT molecular complexity index is 1030. The topological polar surface area (TPSA) is 69.9 Å². The van der Waals surface area contributed by atoms with E-state index in [4.69, 9.17) is 4.74 Å². The largest absolute Gasteiger partial charge is 0.384 e. The van der Waals surface area contributed by atoms with Crippen LogP contribution in [0.4, 0.5) is 0 Å². The van der Waals surface area contributed by atoms with Crippen LogP contribution in [0.2, 0.25) is 0 Å². The summed E-state index contributed by atoms with van der Waals surface area (Å²) in [6, 6.07) is 0. The average Bonchev–Trinajstić information content (AvgIpc) is 3.39. The number of aromatic nitrogens is 4. The summed E-state index contributed by atoms with van der Waals surface area (Å²) in [4.78, 5) is 22.2. The second-order valence-corrected chi connectivity index (χ2v) is 12.4. The molecule has 4 aliphatic carbocycles. The van der Waals surface area contributed by atoms with E-state index in [1.807, 2.05) is 13.3 Å². The highest BCUT2D eigenvalue weighted by Gasteiger charge is 2.62. The quantitative estimate of drug-likeness (QED) is 0.599. The third kappa shape index (κ3) is 3.38. The Balaban J connectivity index is 1.23. The third-order valence-corrected chi connectivity index (χ3v) is 10.9. The molecule has 34 heavy (non-hydrogen) atoms. The number of hydrogen-bond donors (Lipinski definition) is 0. The molecule has 8 atom stereocenters. The summed E-state index contributed by atoms with van der Waals surface area (Å²) in [7, 11) is 1.91. The van der Waals surface area contributed by atoms with Gasteiger partial charge in [0.15, 0.2) is 11.4 Å². The number of ether oxygens (including phenoxy) is 1. The lowest BCUT2D eigenvalue weighted by Gasteiger charge is -2.61. The lowest BCUT2D eigenvalue weighted by atomic mass is 9.44. The Morgan fingerprint density at radius 3 is 2.76 bits per heavy atom. The molecule has 8 unspecified atom stereocenters. The second kappa shape index (κ2) is 8.39. The summed E-state index contributed by atoms with van der Waals surface area (Å²) in [6.45, 7) is 6.17. The number of hydrogen-bond acceptors (Lipinski definition) is 5. The molecule has 0 spiro atoms. The van der Waals surface area contributed by atoms with Crippen molar-refractivity contribution in [3.05, 3.63) is 18.6 Å². The number of carbonyl (C=O) groups is 1. The van der Waals surface area contributed by atoms with Gasteiger partial charge in [-0.1, -0.05) is 20.3 Å². The first-order valence-corrected chi connectivity index (χ1v) is 13.6. The van der Waals surface area contributed by atoms with Gasteiger partial charge in [0.1, 0.15) is 5.52 Å². The molecule has 2 heterocycles. The smallest absolute Gasteiger partial charge is 0.199 e. The molecular formula is C28H40N4O2. The highest BCUT2D eigenvalue weighted by atomic mass is 16.5. The number of fused-ring (bicyclic) bond motifs is 6. The van der Waals surface area contributed by atoms with Gasteiger partial charge >= 0.3 is 0 Å². The summed E-state index contributed by atoms with van der Waals surface area (Å²) in [5.74, 6) is 4.40. The highest BCUT2D eigenvalue weighted by Crippen LogP contribution is 2.68. The average molecular weight is 465 g/mol. The zero-order valence-electron chi connectivity index (χ0n) is 21.1. The number of ketones is 1. The Kier molecular flexibility index (Phi) is 5.58. The molecule has 0 radical (unpaired) electrons. The van der Waals surface area contributed by atoms with Crippen molar-refractivity contribution in [2.75, 3.05) is 13.7 Å². The zero-order valence-corrected chi connectivity index (χ0v) is 21.1. The van der Waals surface area contributed by atoms with Crippen molar-refractivity contribution in [1.29, 1.82) is 0 Å². The molecule has 4 saturated carbocycles. The first-order valence-electron chi connectivity index (χ1n) is 13.6. The lowest BCUT2D eigenvalue weighted by Crippen LogP contribution is -2.56. The van der Waals surface area contributed by atoms with Gasteiger partial charge in [0.2, 0.25) is 0 Å². The van der Waals surface area contributed by atoms with Crippen LogP contribution in [0.15, 0.2) is 18.6 Å². The van der Waals surface area contributed by atoms with E-state index >= 15 is 0 Å². The maximum atomic E-state index is 13.6. The molecule has 2 aromatic rings. The van der Waals surface area contributed by atoms with E-state index in [2.05, 4.69) is 28.9 Å². The minimum Gasteiger partial charge on any atom is -0.384 e. The van der Waals surface area contributed by atoms with Gasteiger partial charge in [0.05, 0.1) is 19.3 Å². The molecule has 4 fully saturated rings. The molecule has 0 saturated heterocycles. The van der Waals surface area contributed by atoms with E-state index < -0.39 is 0 Å². The minimum absolute atomic E-state index is 0.129. The van der Waals surface area contributed by atoms with Crippen molar-refractivity contribution in [3.63, 3.8) is 0 Å². The number of methoxy groups -OCH3 is 1. The van der Waals surface area contributed by atoms with Crippen molar-refractivity contribution in [1.82, 2.24) is 19.7 Å². The van der Waals surface area contributed by atoms with Gasteiger partial charge in [-0.3, -0.25) is 9.48 Å². The van der Waals surface area contributed by atoms with Crippen LogP contribution in [0, 0.1) is 46.3 Å². The number of nitrogens with zero attached hydrogens (tertiary/aromatic N) is 4. The molecule has 0 aromatic carbocycles. The predicted octanol–water partition coefficient (Wildman–Crippen LogP) is 5.32. The molecule has 0 bridgehead atoms. The predicted molar refractivity (Wildman–Crippen MR) is 131 cm³/mol. The van der Waals surface area contributed by atoms with Gasteiger partial charge < -0.3 is 4.74 Å². The third-order valence-electron chi connectivity index (χ3n) is 10.9. The fraction of sp³-hybridized carbons (Fsp3) is 0.786. The summed E-state index contributed by atoms with van der Waals surface area (Å²) in [6.07, 6.45) is 16.7. The van der Waals surface area contributed by atoms with Crippen molar-refractivity contribution >= 4 is 16.9 Å². The van der Waals surface area contributed by atoms with E-state index in [1.54, 1.807) is 17.1 Å². The Morgan fingerprint density at radius 1 is 1.09 bits per heavy atom. The fourth-order valence-corrected chi connectivity index (χ4v) is 9.50. The molecule has 0 N–H and O–H groups in total. The molecule has 6 rings (SSSR count). The van der Waals surface area contributed by atoms with Crippen LogP contribution in [0.25, 0.3) is 11.2 Å². The molecule has 2 aromatic heterocycles. The maximum Gasteiger partial charge on any atom is 0.199 e. The zero-order chi connectivity index (χ0) is 23.5. The SMILES string of the molecule is COCC12CCC(C)CC1CCC1C3CCC(C(=O)Cn4cc5nccnc5n4)C3(C)CCC12. The van der Waals surface area contributed by atoms with Gasteiger partial charge in [-0.2, -0.15) is 5.10 Å². The van der Waals surface area contributed by atoms with E-state index in [1.165, 1.54) is 51.4 Å². The lowest BCUT2D eigenvalue weighted by molar-refractivity contribution is -0.154. The first kappa shape index (κ1) is 22.6. The van der Waals surface area contributed by atoms with Crippen LogP contribution < -0.4 is 0 Å². The second-order valence-electron chi connectivity index (χ2n) is 12.4. The van der Waals surface area contributed by atoms with E-state index in [0.29, 0.717) is 29.3 Å². The standard InChI is InChI=1S/C28H40N4O2/c1-18-8-11-28(17-34-3)19(14-18)4-5-20-21-6-7-23(27(21,2)10-9-22(20)28)25(33)16-32-15-24-26(31-32)30-13-12-29-24/h12-13,15,18-23H,4-11,14,16-17H2,1-3H3. The van der Waals surface area contributed by atoms with Crippen molar-refractivity contribution in [2.45, 2.75) is 78.2 Å². The van der Waals surface area contributed by atoms with Crippen LogP contribution in [-0.4, -0.2) is 39.2 Å². The molecule has 184 valence electrons. The van der Waals surface area contributed by atoms with Gasteiger partial charge in [0, 0.05) is 25.4 Å². The normalized spacial score (nSPS) is 41.6. The molecule has 6 nitrogen and oxygen atoms in total. The first-order chi connectivity index (χ1) is 16.4. The highest BCUT2D eigenvalue weighted by molar-refractivity contribution is 5.82. The maximum absolute atomic E-state index is 13.6. The summed E-state index contributed by atoms with van der Waals surface area (Å²) >= 11 is 0. The molecule has 6 heteroatoms. The minimum atomic E-state index is 0.129. The van der Waals surface area contributed by atoms with Crippen molar-refractivity contribution in [2.24, 2.45) is 46.3 Å². The van der Waals surface area contributed by atoms with Gasteiger partial charge in [-0.05, 0) is 91.8 Å². The Hall–Kier alpha value is -1.82. The van der Waals surface area contributed by atoms with Gasteiger partial charge in [0.25, 0.3) is 0 Å². The Labute approximate surface area is 203 Å². The van der Waals surface area contributed by atoms with Gasteiger partial charge in [-0.25, -0.2) is 9.97 Å². The van der Waals surface area contributed by atoms with Crippen LogP contribution in [0.3, 0.4) is 0 Å². The van der Waals surface area contributed by atoms with Crippen LogP contribution in [0.5, 0.6) is 0 Å². The number of Topliss-reactive ketones (excluding diaryl/α,β-unsaturated/α-hetero) is 1. The van der Waals surface area contributed by atoms with Crippen molar-refractivity contribution < 1.29 is 9.53 Å². The monoisotopic (exact) mass is 464 g/mol. The van der Waals surface area contributed by atoms with E-state index in [9.17, 15) is 4.79 Å². The van der Waals surface area contributed by atoms with Gasteiger partial charge in [-0.15, -0.1) is 0 Å².